The second kappa shape index (κ2) is 6.64. The molecule has 0 saturated carbocycles. The number of nitrogens with zero attached hydrogens (tertiary/aromatic N) is 5. The zero-order valence-electron chi connectivity index (χ0n) is 13.7. The molecule has 0 radical (unpaired) electrons. The molecule has 0 unspecified atom stereocenters. The lowest BCUT2D eigenvalue weighted by Crippen LogP contribution is -2.11. The van der Waals surface area contributed by atoms with E-state index >= 15 is 0 Å². The van der Waals surface area contributed by atoms with Crippen molar-refractivity contribution < 1.29 is 0 Å². The molecule has 0 spiro atoms. The Morgan fingerprint density at radius 1 is 0.960 bits per heavy atom. The van der Waals surface area contributed by atoms with Crippen LogP contribution in [0, 0.1) is 0 Å². The van der Waals surface area contributed by atoms with Crippen LogP contribution in [-0.2, 0) is 6.54 Å². The van der Waals surface area contributed by atoms with Gasteiger partial charge in [-0.15, -0.1) is 0 Å². The lowest BCUT2D eigenvalue weighted by molar-refractivity contribution is 1.03. The zero-order chi connectivity index (χ0) is 17.1. The van der Waals surface area contributed by atoms with Crippen molar-refractivity contribution in [2.75, 3.05) is 5.32 Å². The fourth-order valence-electron chi connectivity index (χ4n) is 2.70. The molecule has 4 rings (SSSR count). The Hall–Kier alpha value is -3.35. The fraction of sp³-hybridized carbons (Fsp3) is 0.0556. The second-order valence-electron chi connectivity index (χ2n) is 5.67. The van der Waals surface area contributed by atoms with Gasteiger partial charge in [-0.25, -0.2) is 19.9 Å². The van der Waals surface area contributed by atoms with Gasteiger partial charge in [0.05, 0.1) is 23.3 Å². The van der Waals surface area contributed by atoms with Gasteiger partial charge in [0.25, 0.3) is 0 Å². The molecule has 3 heterocycles. The Kier molecular flexibility index (Phi) is 4.04. The summed E-state index contributed by atoms with van der Waals surface area (Å²) in [6.45, 7) is 0.589. The largest absolute Gasteiger partial charge is 0.364 e. The van der Waals surface area contributed by atoms with E-state index in [0.29, 0.717) is 12.4 Å². The van der Waals surface area contributed by atoms with E-state index in [1.54, 1.807) is 18.6 Å². The van der Waals surface area contributed by atoms with E-state index < -0.39 is 0 Å². The van der Waals surface area contributed by atoms with Crippen molar-refractivity contribution in [2.45, 2.75) is 6.54 Å². The molecular formula is C18H15BN6. The standard InChI is InChI=1S/C18H15BN6/c19-14-5-3-6-15-16(14)18(23-10-13-4-1-2-7-22-13)25-17(24-15)12-8-20-11-21-9-12/h1-9,11H,10,19H2,(H,23,24,25). The molecule has 0 atom stereocenters. The van der Waals surface area contributed by atoms with E-state index in [4.69, 9.17) is 4.98 Å². The highest BCUT2D eigenvalue weighted by Crippen LogP contribution is 2.23. The van der Waals surface area contributed by atoms with Gasteiger partial charge in [0.15, 0.2) is 5.82 Å². The number of hydrogen-bond acceptors (Lipinski definition) is 6. The van der Waals surface area contributed by atoms with Crippen LogP contribution in [0.2, 0.25) is 0 Å². The summed E-state index contributed by atoms with van der Waals surface area (Å²) in [6.07, 6.45) is 6.71. The van der Waals surface area contributed by atoms with Crippen molar-refractivity contribution in [2.24, 2.45) is 0 Å². The predicted octanol–water partition coefficient (Wildman–Crippen LogP) is 1.35. The first-order valence-corrected chi connectivity index (χ1v) is 7.98. The highest BCUT2D eigenvalue weighted by molar-refractivity contribution is 6.39. The van der Waals surface area contributed by atoms with Gasteiger partial charge >= 0.3 is 0 Å². The minimum Gasteiger partial charge on any atom is -0.364 e. The Morgan fingerprint density at radius 3 is 2.64 bits per heavy atom. The molecule has 0 aliphatic carbocycles. The van der Waals surface area contributed by atoms with Crippen molar-refractivity contribution in [3.63, 3.8) is 0 Å². The van der Waals surface area contributed by atoms with Gasteiger partial charge in [-0.1, -0.05) is 23.7 Å². The van der Waals surface area contributed by atoms with Crippen LogP contribution >= 0.6 is 0 Å². The Morgan fingerprint density at radius 2 is 1.84 bits per heavy atom. The van der Waals surface area contributed by atoms with E-state index in [1.807, 2.05) is 30.3 Å². The van der Waals surface area contributed by atoms with Crippen molar-refractivity contribution in [1.29, 1.82) is 0 Å². The van der Waals surface area contributed by atoms with Crippen LogP contribution in [0.5, 0.6) is 0 Å². The van der Waals surface area contributed by atoms with Gasteiger partial charge in [0.2, 0.25) is 0 Å². The summed E-state index contributed by atoms with van der Waals surface area (Å²) in [4.78, 5) is 21.9. The summed E-state index contributed by atoms with van der Waals surface area (Å²) in [5.41, 5.74) is 3.74. The molecule has 0 amide bonds. The third kappa shape index (κ3) is 3.17. The monoisotopic (exact) mass is 326 g/mol. The minimum absolute atomic E-state index is 0.589. The van der Waals surface area contributed by atoms with Crippen molar-refractivity contribution >= 4 is 30.0 Å². The summed E-state index contributed by atoms with van der Waals surface area (Å²) in [6, 6.07) is 11.9. The summed E-state index contributed by atoms with van der Waals surface area (Å²) in [5.74, 6) is 1.38. The van der Waals surface area contributed by atoms with Gasteiger partial charge in [0, 0.05) is 24.0 Å². The summed E-state index contributed by atoms with van der Waals surface area (Å²) < 4.78 is 0. The first-order valence-electron chi connectivity index (χ1n) is 7.98. The number of pyridine rings is 1. The highest BCUT2D eigenvalue weighted by atomic mass is 15.0. The number of rotatable bonds is 4. The van der Waals surface area contributed by atoms with Gasteiger partial charge in [-0.05, 0) is 18.2 Å². The average molecular weight is 326 g/mol. The topological polar surface area (TPSA) is 76.5 Å². The molecule has 0 saturated heterocycles. The normalized spacial score (nSPS) is 10.7. The van der Waals surface area contributed by atoms with Crippen LogP contribution in [-0.4, -0.2) is 32.8 Å². The zero-order valence-corrected chi connectivity index (χ0v) is 13.7. The number of aromatic nitrogens is 5. The fourth-order valence-corrected chi connectivity index (χ4v) is 2.70. The Bertz CT molecular complexity index is 1010. The number of fused-ring (bicyclic) bond motifs is 1. The lowest BCUT2D eigenvalue weighted by Gasteiger charge is -2.12. The summed E-state index contributed by atoms with van der Waals surface area (Å²) in [5, 5.41) is 4.41. The van der Waals surface area contributed by atoms with Crippen molar-refractivity contribution in [3.8, 4) is 11.4 Å². The Labute approximate surface area is 145 Å². The maximum atomic E-state index is 4.72. The molecule has 0 aliphatic heterocycles. The smallest absolute Gasteiger partial charge is 0.165 e. The molecule has 0 aliphatic rings. The molecule has 25 heavy (non-hydrogen) atoms. The summed E-state index contributed by atoms with van der Waals surface area (Å²) in [7, 11) is 2.06. The predicted molar refractivity (Wildman–Crippen MR) is 100 cm³/mol. The van der Waals surface area contributed by atoms with Crippen LogP contribution < -0.4 is 10.8 Å². The van der Waals surface area contributed by atoms with Crippen LogP contribution in [0.4, 0.5) is 5.82 Å². The number of anilines is 1. The van der Waals surface area contributed by atoms with Crippen molar-refractivity contribution in [3.05, 3.63) is 67.0 Å². The maximum absolute atomic E-state index is 4.72. The van der Waals surface area contributed by atoms with Gasteiger partial charge < -0.3 is 5.32 Å². The third-order valence-electron chi connectivity index (χ3n) is 3.91. The first-order chi connectivity index (χ1) is 12.3. The van der Waals surface area contributed by atoms with Crippen LogP contribution in [0.3, 0.4) is 0 Å². The van der Waals surface area contributed by atoms with E-state index in [2.05, 4.69) is 39.2 Å². The third-order valence-corrected chi connectivity index (χ3v) is 3.91. The maximum Gasteiger partial charge on any atom is 0.165 e. The van der Waals surface area contributed by atoms with Gasteiger partial charge in [0.1, 0.15) is 20.0 Å². The molecule has 4 aromatic rings. The van der Waals surface area contributed by atoms with E-state index in [0.717, 1.165) is 33.4 Å². The lowest BCUT2D eigenvalue weighted by atomic mass is 9.92. The van der Waals surface area contributed by atoms with E-state index in [9.17, 15) is 0 Å². The van der Waals surface area contributed by atoms with Gasteiger partial charge in [-0.3, -0.25) is 4.98 Å². The molecule has 120 valence electrons. The molecule has 1 aromatic carbocycles. The minimum atomic E-state index is 0.589. The number of hydrogen-bond donors (Lipinski definition) is 1. The average Bonchev–Trinajstić information content (AvgIpc) is 2.67. The molecule has 1 N–H and O–H groups in total. The number of benzene rings is 1. The van der Waals surface area contributed by atoms with Crippen LogP contribution in [0.15, 0.2) is 61.3 Å². The van der Waals surface area contributed by atoms with Crippen LogP contribution in [0.1, 0.15) is 5.69 Å². The molecule has 0 bridgehead atoms. The first kappa shape index (κ1) is 15.2. The van der Waals surface area contributed by atoms with E-state index in [-0.39, 0.29) is 0 Å². The summed E-state index contributed by atoms with van der Waals surface area (Å²) >= 11 is 0. The SMILES string of the molecule is Bc1cccc2nc(-c3cncnc3)nc(NCc3ccccn3)c12. The molecule has 3 aromatic heterocycles. The highest BCUT2D eigenvalue weighted by Gasteiger charge is 2.11. The quantitative estimate of drug-likeness (QED) is 0.571. The molecular weight excluding hydrogens is 311 g/mol. The number of nitrogens with one attached hydrogen (secondary N) is 1. The van der Waals surface area contributed by atoms with Crippen LogP contribution in [0.25, 0.3) is 22.3 Å². The molecule has 6 nitrogen and oxygen atoms in total. The molecule has 0 fully saturated rings. The Balaban J connectivity index is 1.80. The second-order valence-corrected chi connectivity index (χ2v) is 5.67. The van der Waals surface area contributed by atoms with Crippen molar-refractivity contribution in [1.82, 2.24) is 24.9 Å². The molecule has 7 heteroatoms. The van der Waals surface area contributed by atoms with Gasteiger partial charge in [-0.2, -0.15) is 0 Å². The van der Waals surface area contributed by atoms with E-state index in [1.165, 1.54) is 6.33 Å².